The van der Waals surface area contributed by atoms with Crippen LogP contribution >= 0.6 is 11.6 Å². The second kappa shape index (κ2) is 4.67. The molecule has 0 aliphatic heterocycles. The lowest BCUT2D eigenvalue weighted by Gasteiger charge is -2.15. The molecule has 0 unspecified atom stereocenters. The maximum Gasteiger partial charge on any atom is 0.236 e. The predicted molar refractivity (Wildman–Crippen MR) is 75.2 cm³/mol. The Bertz CT molecular complexity index is 609. The predicted octanol–water partition coefficient (Wildman–Crippen LogP) is 3.41. The van der Waals surface area contributed by atoms with Crippen LogP contribution in [-0.4, -0.2) is 10.9 Å². The minimum atomic E-state index is -0.384. The molecule has 1 heterocycles. The standard InChI is InChI=1S/C15H13ClN2O/c16-12-6-9-17-13(10-12)18-14(19)15(7-8-15)11-4-2-1-3-5-11/h1-6,9-10H,7-8H2,(H,17,18,19). The van der Waals surface area contributed by atoms with Gasteiger partial charge in [0.05, 0.1) is 5.41 Å². The Labute approximate surface area is 116 Å². The number of nitrogens with one attached hydrogen (secondary N) is 1. The van der Waals surface area contributed by atoms with E-state index in [9.17, 15) is 4.79 Å². The van der Waals surface area contributed by atoms with Gasteiger partial charge >= 0.3 is 0 Å². The van der Waals surface area contributed by atoms with E-state index in [1.54, 1.807) is 18.3 Å². The summed E-state index contributed by atoms with van der Waals surface area (Å²) < 4.78 is 0. The largest absolute Gasteiger partial charge is 0.310 e. The summed E-state index contributed by atoms with van der Waals surface area (Å²) in [7, 11) is 0. The third kappa shape index (κ3) is 2.34. The summed E-state index contributed by atoms with van der Waals surface area (Å²) in [5.41, 5.74) is 0.681. The van der Waals surface area contributed by atoms with E-state index in [4.69, 9.17) is 11.6 Å². The topological polar surface area (TPSA) is 42.0 Å². The number of carbonyl (C=O) groups is 1. The molecule has 1 aliphatic carbocycles. The molecule has 1 amide bonds. The van der Waals surface area contributed by atoms with Gasteiger partial charge in [-0.05, 0) is 30.5 Å². The summed E-state index contributed by atoms with van der Waals surface area (Å²) in [5.74, 6) is 0.494. The van der Waals surface area contributed by atoms with E-state index >= 15 is 0 Å². The van der Waals surface area contributed by atoms with E-state index in [0.717, 1.165) is 18.4 Å². The molecule has 4 heteroatoms. The number of aromatic nitrogens is 1. The summed E-state index contributed by atoms with van der Waals surface area (Å²) in [6.07, 6.45) is 3.34. The molecule has 3 nitrogen and oxygen atoms in total. The first-order valence-corrected chi connectivity index (χ1v) is 6.57. The van der Waals surface area contributed by atoms with Crippen molar-refractivity contribution >= 4 is 23.3 Å². The maximum absolute atomic E-state index is 12.4. The zero-order valence-corrected chi connectivity index (χ0v) is 11.0. The number of halogens is 1. The van der Waals surface area contributed by atoms with Crippen LogP contribution in [-0.2, 0) is 10.2 Å². The summed E-state index contributed by atoms with van der Waals surface area (Å²) in [6, 6.07) is 13.2. The van der Waals surface area contributed by atoms with Crippen molar-refractivity contribution in [1.82, 2.24) is 4.98 Å². The molecule has 1 saturated carbocycles. The molecule has 19 heavy (non-hydrogen) atoms. The number of hydrogen-bond donors (Lipinski definition) is 1. The first-order valence-electron chi connectivity index (χ1n) is 6.19. The quantitative estimate of drug-likeness (QED) is 0.930. The third-order valence-electron chi connectivity index (χ3n) is 3.47. The highest BCUT2D eigenvalue weighted by Crippen LogP contribution is 2.48. The summed E-state index contributed by atoms with van der Waals surface area (Å²) in [5, 5.41) is 3.41. The average molecular weight is 273 g/mol. The highest BCUT2D eigenvalue weighted by atomic mass is 35.5. The number of anilines is 1. The van der Waals surface area contributed by atoms with Crippen LogP contribution in [0.5, 0.6) is 0 Å². The van der Waals surface area contributed by atoms with Gasteiger partial charge in [0.15, 0.2) is 0 Å². The van der Waals surface area contributed by atoms with E-state index in [0.29, 0.717) is 10.8 Å². The number of pyridine rings is 1. The normalized spacial score (nSPS) is 15.8. The Morgan fingerprint density at radius 2 is 1.95 bits per heavy atom. The van der Waals surface area contributed by atoms with Gasteiger partial charge in [0.25, 0.3) is 0 Å². The highest BCUT2D eigenvalue weighted by Gasteiger charge is 2.51. The zero-order valence-electron chi connectivity index (χ0n) is 10.3. The number of hydrogen-bond acceptors (Lipinski definition) is 2. The van der Waals surface area contributed by atoms with Gasteiger partial charge in [-0.3, -0.25) is 4.79 Å². The Hall–Kier alpha value is -1.87. The van der Waals surface area contributed by atoms with E-state index in [1.807, 2.05) is 30.3 Å². The highest BCUT2D eigenvalue weighted by molar-refractivity contribution is 6.30. The van der Waals surface area contributed by atoms with Crippen LogP contribution in [0.2, 0.25) is 5.02 Å². The van der Waals surface area contributed by atoms with Crippen molar-refractivity contribution in [3.63, 3.8) is 0 Å². The fourth-order valence-electron chi connectivity index (χ4n) is 2.24. The lowest BCUT2D eigenvalue weighted by molar-refractivity contribution is -0.118. The molecule has 3 rings (SSSR count). The maximum atomic E-state index is 12.4. The fraction of sp³-hybridized carbons (Fsp3) is 0.200. The van der Waals surface area contributed by atoms with Crippen LogP contribution in [0.25, 0.3) is 0 Å². The Morgan fingerprint density at radius 1 is 1.21 bits per heavy atom. The van der Waals surface area contributed by atoms with Crippen molar-refractivity contribution in [3.8, 4) is 0 Å². The monoisotopic (exact) mass is 272 g/mol. The number of nitrogens with zero attached hydrogens (tertiary/aromatic N) is 1. The molecule has 2 aromatic rings. The van der Waals surface area contributed by atoms with E-state index in [1.165, 1.54) is 0 Å². The van der Waals surface area contributed by atoms with E-state index < -0.39 is 0 Å². The van der Waals surface area contributed by atoms with Gasteiger partial charge in [-0.15, -0.1) is 0 Å². The number of carbonyl (C=O) groups excluding carboxylic acids is 1. The Morgan fingerprint density at radius 3 is 2.58 bits per heavy atom. The van der Waals surface area contributed by atoms with Crippen molar-refractivity contribution < 1.29 is 4.79 Å². The van der Waals surface area contributed by atoms with Crippen molar-refractivity contribution in [2.24, 2.45) is 0 Å². The average Bonchev–Trinajstić information content (AvgIpc) is 3.21. The smallest absolute Gasteiger partial charge is 0.236 e. The second-order valence-electron chi connectivity index (χ2n) is 4.76. The minimum Gasteiger partial charge on any atom is -0.310 e. The molecule has 1 aromatic carbocycles. The van der Waals surface area contributed by atoms with E-state index in [-0.39, 0.29) is 11.3 Å². The van der Waals surface area contributed by atoms with Crippen LogP contribution < -0.4 is 5.32 Å². The minimum absolute atomic E-state index is 0.00605. The van der Waals surface area contributed by atoms with Crippen LogP contribution in [0, 0.1) is 0 Å². The van der Waals surface area contributed by atoms with Gasteiger partial charge in [0.1, 0.15) is 5.82 Å². The van der Waals surface area contributed by atoms with Crippen LogP contribution in [0.1, 0.15) is 18.4 Å². The molecule has 1 aromatic heterocycles. The van der Waals surface area contributed by atoms with Gasteiger partial charge in [0, 0.05) is 11.2 Å². The Balaban J connectivity index is 1.82. The molecular weight excluding hydrogens is 260 g/mol. The summed E-state index contributed by atoms with van der Waals surface area (Å²) in [4.78, 5) is 16.5. The van der Waals surface area contributed by atoms with Gasteiger partial charge < -0.3 is 5.32 Å². The molecule has 0 radical (unpaired) electrons. The summed E-state index contributed by atoms with van der Waals surface area (Å²) >= 11 is 5.88. The lowest BCUT2D eigenvalue weighted by atomic mass is 9.95. The molecule has 0 bridgehead atoms. The zero-order chi connectivity index (χ0) is 13.3. The number of benzene rings is 1. The van der Waals surface area contributed by atoms with Crippen molar-refractivity contribution in [2.75, 3.05) is 5.32 Å². The van der Waals surface area contributed by atoms with Gasteiger partial charge in [-0.2, -0.15) is 0 Å². The molecule has 0 atom stereocenters. The van der Waals surface area contributed by atoms with Crippen LogP contribution in [0.3, 0.4) is 0 Å². The fourth-order valence-corrected chi connectivity index (χ4v) is 2.40. The van der Waals surface area contributed by atoms with Crippen molar-refractivity contribution in [3.05, 3.63) is 59.2 Å². The van der Waals surface area contributed by atoms with Gasteiger partial charge in [-0.1, -0.05) is 41.9 Å². The van der Waals surface area contributed by atoms with Gasteiger partial charge in [0.2, 0.25) is 5.91 Å². The first kappa shape index (κ1) is 12.2. The Kier molecular flexibility index (Phi) is 2.99. The SMILES string of the molecule is O=C(Nc1cc(Cl)ccn1)C1(c2ccccc2)CC1. The molecule has 0 spiro atoms. The molecule has 96 valence electrons. The summed E-state index contributed by atoms with van der Waals surface area (Å²) in [6.45, 7) is 0. The van der Waals surface area contributed by atoms with E-state index in [2.05, 4.69) is 10.3 Å². The number of rotatable bonds is 3. The molecule has 1 fully saturated rings. The third-order valence-corrected chi connectivity index (χ3v) is 3.71. The van der Waals surface area contributed by atoms with Crippen LogP contribution in [0.4, 0.5) is 5.82 Å². The molecule has 1 N–H and O–H groups in total. The second-order valence-corrected chi connectivity index (χ2v) is 5.20. The van der Waals surface area contributed by atoms with Crippen molar-refractivity contribution in [2.45, 2.75) is 18.3 Å². The van der Waals surface area contributed by atoms with Crippen LogP contribution in [0.15, 0.2) is 48.7 Å². The van der Waals surface area contributed by atoms with Crippen molar-refractivity contribution in [1.29, 1.82) is 0 Å². The van der Waals surface area contributed by atoms with Gasteiger partial charge in [-0.25, -0.2) is 4.98 Å². The molecular formula is C15H13ClN2O. The molecule has 0 saturated heterocycles. The number of amides is 1. The lowest BCUT2D eigenvalue weighted by Crippen LogP contribution is -2.28. The first-order chi connectivity index (χ1) is 9.21. The molecule has 1 aliphatic rings.